The summed E-state index contributed by atoms with van der Waals surface area (Å²) < 4.78 is 7.66. The van der Waals surface area contributed by atoms with Crippen molar-refractivity contribution in [3.05, 3.63) is 29.6 Å². The molecule has 0 bridgehead atoms. The third-order valence-electron chi connectivity index (χ3n) is 4.42. The Bertz CT molecular complexity index is 1030. The Balaban J connectivity index is 1.72. The van der Waals surface area contributed by atoms with Crippen LogP contribution in [0.3, 0.4) is 0 Å². The molecule has 0 aliphatic carbocycles. The summed E-state index contributed by atoms with van der Waals surface area (Å²) >= 11 is 1.54. The van der Waals surface area contributed by atoms with Crippen LogP contribution < -0.4 is 15.8 Å². The molecule has 0 spiro atoms. The van der Waals surface area contributed by atoms with Crippen LogP contribution in [0, 0.1) is 6.92 Å². The lowest BCUT2D eigenvalue weighted by Crippen LogP contribution is -2.24. The minimum atomic E-state index is -0.0746. The maximum Gasteiger partial charge on any atom is 0.216 e. The van der Waals surface area contributed by atoms with Crippen molar-refractivity contribution >= 4 is 34.7 Å². The summed E-state index contributed by atoms with van der Waals surface area (Å²) in [6.45, 7) is 5.32. The van der Waals surface area contributed by atoms with Gasteiger partial charge in [-0.15, -0.1) is 0 Å². The van der Waals surface area contributed by atoms with Gasteiger partial charge in [0.2, 0.25) is 5.91 Å². The second-order valence-electron chi connectivity index (χ2n) is 6.39. The number of anilines is 1. The van der Waals surface area contributed by atoms with Crippen molar-refractivity contribution in [1.29, 1.82) is 0 Å². The number of benzene rings is 1. The molecule has 0 radical (unpaired) electrons. The number of ether oxygens (including phenoxy) is 1. The number of carbonyl (C=O) groups excluding carboxylic acids is 1. The summed E-state index contributed by atoms with van der Waals surface area (Å²) in [5.74, 6) is 1.20. The number of carbonyl (C=O) groups is 1. The van der Waals surface area contributed by atoms with Gasteiger partial charge < -0.3 is 20.4 Å². The van der Waals surface area contributed by atoms with E-state index in [2.05, 4.69) is 39.3 Å². The lowest BCUT2D eigenvalue weighted by molar-refractivity contribution is -0.118. The zero-order valence-corrected chi connectivity index (χ0v) is 16.0. The number of hydrogen-bond acceptors (Lipinski definition) is 7. The van der Waals surface area contributed by atoms with Crippen LogP contribution in [0.4, 0.5) is 5.82 Å². The molecule has 0 atom stereocenters. The molecular formula is C18H20N6O2S. The van der Waals surface area contributed by atoms with Gasteiger partial charge in [0.25, 0.3) is 0 Å². The molecule has 1 aliphatic rings. The quantitative estimate of drug-likeness (QED) is 0.692. The highest BCUT2D eigenvalue weighted by atomic mass is 32.2. The number of nitrogens with two attached hydrogens (primary N) is 1. The summed E-state index contributed by atoms with van der Waals surface area (Å²) in [4.78, 5) is 25.3. The zero-order chi connectivity index (χ0) is 19.0. The Morgan fingerprint density at radius 1 is 1.41 bits per heavy atom. The van der Waals surface area contributed by atoms with Crippen LogP contribution in [0.2, 0.25) is 0 Å². The monoisotopic (exact) mass is 384 g/mol. The minimum Gasteiger partial charge on any atom is -0.493 e. The number of rotatable bonds is 5. The van der Waals surface area contributed by atoms with E-state index in [-0.39, 0.29) is 5.91 Å². The van der Waals surface area contributed by atoms with Crippen LogP contribution in [0.15, 0.2) is 28.5 Å². The molecular weight excluding hydrogens is 364 g/mol. The first-order valence-corrected chi connectivity index (χ1v) is 9.50. The lowest BCUT2D eigenvalue weighted by atomic mass is 10.1. The van der Waals surface area contributed by atoms with Gasteiger partial charge in [-0.05, 0) is 24.1 Å². The number of aryl methyl sites for hydroxylation is 1. The molecule has 3 aromatic rings. The van der Waals surface area contributed by atoms with Crippen LogP contribution in [0.5, 0.6) is 5.75 Å². The zero-order valence-electron chi connectivity index (χ0n) is 15.2. The molecule has 0 saturated carbocycles. The smallest absolute Gasteiger partial charge is 0.216 e. The van der Waals surface area contributed by atoms with Gasteiger partial charge in [0.05, 0.1) is 6.61 Å². The summed E-state index contributed by atoms with van der Waals surface area (Å²) in [5, 5.41) is 3.56. The van der Waals surface area contributed by atoms with E-state index >= 15 is 0 Å². The summed E-state index contributed by atoms with van der Waals surface area (Å²) in [5.41, 5.74) is 9.62. The van der Waals surface area contributed by atoms with Gasteiger partial charge in [-0.2, -0.15) is 0 Å². The van der Waals surface area contributed by atoms with Crippen molar-refractivity contribution in [3.63, 3.8) is 0 Å². The number of imidazole rings is 1. The van der Waals surface area contributed by atoms with Gasteiger partial charge in [0.1, 0.15) is 12.1 Å². The van der Waals surface area contributed by atoms with E-state index in [9.17, 15) is 4.79 Å². The van der Waals surface area contributed by atoms with Crippen molar-refractivity contribution in [2.75, 3.05) is 18.9 Å². The van der Waals surface area contributed by atoms with Crippen LogP contribution >= 0.6 is 11.8 Å². The van der Waals surface area contributed by atoms with Crippen LogP contribution in [0.25, 0.3) is 11.2 Å². The van der Waals surface area contributed by atoms with E-state index in [0.29, 0.717) is 30.1 Å². The fourth-order valence-electron chi connectivity index (χ4n) is 3.10. The van der Waals surface area contributed by atoms with E-state index in [1.54, 1.807) is 0 Å². The Morgan fingerprint density at radius 3 is 3.07 bits per heavy atom. The number of aromatic nitrogens is 4. The van der Waals surface area contributed by atoms with E-state index in [1.807, 2.05) is 4.57 Å². The molecule has 1 aliphatic heterocycles. The van der Waals surface area contributed by atoms with Gasteiger partial charge in [0, 0.05) is 31.3 Å². The molecule has 0 fully saturated rings. The maximum absolute atomic E-state index is 11.2. The second kappa shape index (κ2) is 7.07. The molecule has 4 rings (SSSR count). The average Bonchev–Trinajstić information content (AvgIpc) is 3.21. The van der Waals surface area contributed by atoms with Gasteiger partial charge in [-0.25, -0.2) is 15.0 Å². The first kappa shape index (κ1) is 17.6. The molecule has 1 amide bonds. The van der Waals surface area contributed by atoms with E-state index in [0.717, 1.165) is 28.8 Å². The largest absolute Gasteiger partial charge is 0.493 e. The van der Waals surface area contributed by atoms with Gasteiger partial charge in [-0.1, -0.05) is 17.8 Å². The molecule has 0 saturated heterocycles. The van der Waals surface area contributed by atoms with Crippen LogP contribution in [-0.2, 0) is 17.8 Å². The third-order valence-corrected chi connectivity index (χ3v) is 5.58. The maximum atomic E-state index is 11.2. The molecule has 1 aromatic carbocycles. The van der Waals surface area contributed by atoms with Crippen molar-refractivity contribution in [1.82, 2.24) is 24.8 Å². The highest BCUT2D eigenvalue weighted by Gasteiger charge is 2.19. The Morgan fingerprint density at radius 2 is 2.26 bits per heavy atom. The van der Waals surface area contributed by atoms with Gasteiger partial charge >= 0.3 is 0 Å². The Kier molecular flexibility index (Phi) is 4.61. The number of amides is 1. The number of nitrogens with one attached hydrogen (secondary N) is 1. The number of nitrogen functional groups attached to an aromatic ring is 1. The summed E-state index contributed by atoms with van der Waals surface area (Å²) in [6, 6.07) is 4.23. The molecule has 3 N–H and O–H groups in total. The third kappa shape index (κ3) is 3.42. The average molecular weight is 384 g/mol. The molecule has 3 heterocycles. The predicted octanol–water partition coefficient (Wildman–Crippen LogP) is 1.94. The number of fused-ring (bicyclic) bond motifs is 2. The molecule has 9 heteroatoms. The topological polar surface area (TPSA) is 108 Å². The fraction of sp³-hybridized carbons (Fsp3) is 0.333. The standard InChI is InChI=1S/C18H20N6O2S/c1-10-7-12-3-6-26-13(12)8-14(10)27-18-23-15-16(19)21-9-22-17(15)24(18)5-4-20-11(2)25/h7-9H,3-6H2,1-2H3,(H,20,25)(H2,19,21,22). The van der Waals surface area contributed by atoms with E-state index in [1.165, 1.54) is 36.1 Å². The highest BCUT2D eigenvalue weighted by molar-refractivity contribution is 7.99. The Labute approximate surface area is 160 Å². The molecule has 0 unspecified atom stereocenters. The molecule has 2 aromatic heterocycles. The molecule has 8 nitrogen and oxygen atoms in total. The first-order valence-electron chi connectivity index (χ1n) is 8.68. The molecule has 27 heavy (non-hydrogen) atoms. The van der Waals surface area contributed by atoms with Crippen molar-refractivity contribution in [3.8, 4) is 5.75 Å². The van der Waals surface area contributed by atoms with Crippen molar-refractivity contribution < 1.29 is 9.53 Å². The normalized spacial score (nSPS) is 12.8. The predicted molar refractivity (Wildman–Crippen MR) is 103 cm³/mol. The SMILES string of the molecule is CC(=O)NCCn1c(Sc2cc3c(cc2C)CCO3)nc2c(N)ncnc21. The van der Waals surface area contributed by atoms with Crippen LogP contribution in [-0.4, -0.2) is 38.6 Å². The Hall–Kier alpha value is -2.81. The second-order valence-corrected chi connectivity index (χ2v) is 7.40. The van der Waals surface area contributed by atoms with Crippen molar-refractivity contribution in [2.45, 2.75) is 36.9 Å². The van der Waals surface area contributed by atoms with Gasteiger partial charge in [-0.3, -0.25) is 4.79 Å². The number of nitrogens with zero attached hydrogens (tertiary/aromatic N) is 4. The molecule has 140 valence electrons. The lowest BCUT2D eigenvalue weighted by Gasteiger charge is -2.11. The summed E-state index contributed by atoms with van der Waals surface area (Å²) in [7, 11) is 0. The first-order chi connectivity index (χ1) is 13.0. The van der Waals surface area contributed by atoms with E-state index < -0.39 is 0 Å². The van der Waals surface area contributed by atoms with E-state index in [4.69, 9.17) is 10.5 Å². The summed E-state index contributed by atoms with van der Waals surface area (Å²) in [6.07, 6.45) is 2.37. The number of hydrogen-bond donors (Lipinski definition) is 2. The van der Waals surface area contributed by atoms with Crippen LogP contribution in [0.1, 0.15) is 18.1 Å². The van der Waals surface area contributed by atoms with Gasteiger partial charge in [0.15, 0.2) is 22.1 Å². The fourth-order valence-corrected chi connectivity index (χ4v) is 4.10. The van der Waals surface area contributed by atoms with Crippen molar-refractivity contribution in [2.24, 2.45) is 0 Å². The minimum absolute atomic E-state index is 0.0746. The highest BCUT2D eigenvalue weighted by Crippen LogP contribution is 2.37.